The van der Waals surface area contributed by atoms with E-state index in [2.05, 4.69) is 0 Å². The Labute approximate surface area is 77.1 Å². The number of nitrogens with zero attached hydrogens (tertiary/aromatic N) is 1. The molecule has 0 aliphatic heterocycles. The fourth-order valence-electron chi connectivity index (χ4n) is 1.08. The Balaban J connectivity index is 3.19. The fraction of sp³-hybridized carbons (Fsp3) is 0.222. The molecule has 0 aliphatic carbocycles. The summed E-state index contributed by atoms with van der Waals surface area (Å²) in [5.74, 6) is -0.442. The lowest BCUT2D eigenvalue weighted by Gasteiger charge is -2.15. The summed E-state index contributed by atoms with van der Waals surface area (Å²) in [6, 6.07) is 4.97. The number of hydrogen-bond acceptors (Lipinski definition) is 3. The molecule has 0 fully saturated rings. The van der Waals surface area contributed by atoms with Crippen molar-refractivity contribution < 1.29 is 4.79 Å². The molecule has 4 nitrogen and oxygen atoms in total. The molecule has 0 saturated heterocycles. The number of nitrogens with two attached hydrogens (primary N) is 2. The Morgan fingerprint density at radius 1 is 1.38 bits per heavy atom. The van der Waals surface area contributed by atoms with E-state index in [1.54, 1.807) is 18.2 Å². The molecule has 0 radical (unpaired) electrons. The Bertz CT molecular complexity index is 334. The van der Waals surface area contributed by atoms with E-state index in [4.69, 9.17) is 11.5 Å². The number of rotatable bonds is 2. The molecule has 0 bridgehead atoms. The quantitative estimate of drug-likeness (QED) is 0.647. The van der Waals surface area contributed by atoms with Crippen LogP contribution in [-0.2, 0) is 0 Å². The highest BCUT2D eigenvalue weighted by Gasteiger charge is 2.05. The predicted molar refractivity (Wildman–Crippen MR) is 53.7 cm³/mol. The number of anilines is 2. The van der Waals surface area contributed by atoms with Gasteiger partial charge in [-0.3, -0.25) is 4.79 Å². The zero-order valence-electron chi connectivity index (χ0n) is 7.74. The van der Waals surface area contributed by atoms with Crippen molar-refractivity contribution in [2.45, 2.75) is 0 Å². The van der Waals surface area contributed by atoms with Crippen LogP contribution in [0.2, 0.25) is 0 Å². The molecule has 0 unspecified atom stereocenters. The summed E-state index contributed by atoms with van der Waals surface area (Å²) >= 11 is 0. The smallest absolute Gasteiger partial charge is 0.248 e. The largest absolute Gasteiger partial charge is 0.397 e. The van der Waals surface area contributed by atoms with Gasteiger partial charge in [0.1, 0.15) is 0 Å². The second-order valence-electron chi connectivity index (χ2n) is 3.03. The van der Waals surface area contributed by atoms with Crippen LogP contribution in [0, 0.1) is 0 Å². The number of nitrogen functional groups attached to an aromatic ring is 1. The molecule has 0 heterocycles. The summed E-state index contributed by atoms with van der Waals surface area (Å²) in [4.78, 5) is 12.7. The highest BCUT2D eigenvalue weighted by atomic mass is 16.1. The average Bonchev–Trinajstić information content (AvgIpc) is 2.04. The van der Waals surface area contributed by atoms with Crippen molar-refractivity contribution in [2.24, 2.45) is 5.73 Å². The molecule has 4 heteroatoms. The van der Waals surface area contributed by atoms with E-state index in [9.17, 15) is 4.79 Å². The van der Waals surface area contributed by atoms with E-state index in [0.717, 1.165) is 5.69 Å². The molecular formula is C9H13N3O. The number of hydrogen-bond donors (Lipinski definition) is 2. The van der Waals surface area contributed by atoms with Crippen LogP contribution >= 0.6 is 0 Å². The van der Waals surface area contributed by atoms with Crippen molar-refractivity contribution in [3.63, 3.8) is 0 Å². The Morgan fingerprint density at radius 3 is 2.46 bits per heavy atom. The van der Waals surface area contributed by atoms with Crippen LogP contribution in [0.4, 0.5) is 11.4 Å². The van der Waals surface area contributed by atoms with Gasteiger partial charge < -0.3 is 16.4 Å². The van der Waals surface area contributed by atoms with E-state index in [0.29, 0.717) is 11.3 Å². The van der Waals surface area contributed by atoms with Gasteiger partial charge in [-0.2, -0.15) is 0 Å². The summed E-state index contributed by atoms with van der Waals surface area (Å²) in [7, 11) is 3.72. The summed E-state index contributed by atoms with van der Waals surface area (Å²) in [6.07, 6.45) is 0. The lowest BCUT2D eigenvalue weighted by molar-refractivity contribution is 0.100. The van der Waals surface area contributed by atoms with E-state index in [-0.39, 0.29) is 0 Å². The molecule has 4 N–H and O–H groups in total. The first kappa shape index (κ1) is 9.38. The zero-order valence-corrected chi connectivity index (χ0v) is 7.74. The van der Waals surface area contributed by atoms with Crippen molar-refractivity contribution >= 4 is 17.3 Å². The maximum Gasteiger partial charge on any atom is 0.248 e. The monoisotopic (exact) mass is 179 g/mol. The first-order valence-corrected chi connectivity index (χ1v) is 3.89. The van der Waals surface area contributed by atoms with Crippen LogP contribution in [0.15, 0.2) is 18.2 Å². The lowest BCUT2D eigenvalue weighted by atomic mass is 10.1. The van der Waals surface area contributed by atoms with Crippen molar-refractivity contribution in [1.29, 1.82) is 0 Å². The first-order valence-electron chi connectivity index (χ1n) is 3.89. The molecule has 1 amide bonds. The maximum atomic E-state index is 10.8. The maximum absolute atomic E-state index is 10.8. The normalized spacial score (nSPS) is 9.69. The highest BCUT2D eigenvalue weighted by molar-refractivity contribution is 5.95. The van der Waals surface area contributed by atoms with Crippen LogP contribution in [0.1, 0.15) is 10.4 Å². The van der Waals surface area contributed by atoms with Crippen molar-refractivity contribution in [3.05, 3.63) is 23.8 Å². The zero-order chi connectivity index (χ0) is 10.0. The SMILES string of the molecule is CN(C)c1cc(C(N)=O)ccc1N. The molecule has 1 aromatic rings. The summed E-state index contributed by atoms with van der Waals surface area (Å²) < 4.78 is 0. The Kier molecular flexibility index (Phi) is 2.41. The van der Waals surface area contributed by atoms with Gasteiger partial charge in [0.15, 0.2) is 0 Å². The standard InChI is InChI=1S/C9H13N3O/c1-12(2)8-5-6(9(11)13)3-4-7(8)10/h3-5H,10H2,1-2H3,(H2,11,13). The van der Waals surface area contributed by atoms with Gasteiger partial charge >= 0.3 is 0 Å². The number of primary amides is 1. The number of amides is 1. The van der Waals surface area contributed by atoms with Gasteiger partial charge in [-0.05, 0) is 18.2 Å². The van der Waals surface area contributed by atoms with Crippen LogP contribution in [0.25, 0.3) is 0 Å². The topological polar surface area (TPSA) is 72.3 Å². The van der Waals surface area contributed by atoms with Gasteiger partial charge in [0.25, 0.3) is 0 Å². The molecule has 13 heavy (non-hydrogen) atoms. The minimum absolute atomic E-state index is 0.442. The van der Waals surface area contributed by atoms with Gasteiger partial charge in [-0.25, -0.2) is 0 Å². The number of benzene rings is 1. The summed E-state index contributed by atoms with van der Waals surface area (Å²) in [5.41, 5.74) is 12.7. The molecule has 0 saturated carbocycles. The lowest BCUT2D eigenvalue weighted by Crippen LogP contribution is -2.15. The molecule has 70 valence electrons. The fourth-order valence-corrected chi connectivity index (χ4v) is 1.08. The van der Waals surface area contributed by atoms with E-state index >= 15 is 0 Å². The molecule has 0 aliphatic rings. The third kappa shape index (κ3) is 1.90. The van der Waals surface area contributed by atoms with Gasteiger partial charge in [-0.15, -0.1) is 0 Å². The van der Waals surface area contributed by atoms with E-state index in [1.807, 2.05) is 19.0 Å². The van der Waals surface area contributed by atoms with Crippen LogP contribution in [0.5, 0.6) is 0 Å². The third-order valence-corrected chi connectivity index (χ3v) is 1.80. The van der Waals surface area contributed by atoms with Crippen LogP contribution in [-0.4, -0.2) is 20.0 Å². The van der Waals surface area contributed by atoms with Crippen LogP contribution < -0.4 is 16.4 Å². The van der Waals surface area contributed by atoms with Crippen LogP contribution in [0.3, 0.4) is 0 Å². The second-order valence-corrected chi connectivity index (χ2v) is 3.03. The summed E-state index contributed by atoms with van der Waals surface area (Å²) in [6.45, 7) is 0. The van der Waals surface area contributed by atoms with Crippen molar-refractivity contribution in [3.8, 4) is 0 Å². The molecular weight excluding hydrogens is 166 g/mol. The predicted octanol–water partition coefficient (Wildman–Crippen LogP) is 0.434. The Morgan fingerprint density at radius 2 is 2.00 bits per heavy atom. The number of carbonyl (C=O) groups excluding carboxylic acids is 1. The minimum Gasteiger partial charge on any atom is -0.397 e. The van der Waals surface area contributed by atoms with Crippen molar-refractivity contribution in [1.82, 2.24) is 0 Å². The molecule has 0 aromatic heterocycles. The van der Waals surface area contributed by atoms with E-state index < -0.39 is 5.91 Å². The van der Waals surface area contributed by atoms with Gasteiger partial charge in [0.2, 0.25) is 5.91 Å². The average molecular weight is 179 g/mol. The van der Waals surface area contributed by atoms with Gasteiger partial charge in [-0.1, -0.05) is 0 Å². The van der Waals surface area contributed by atoms with Gasteiger partial charge in [0, 0.05) is 19.7 Å². The van der Waals surface area contributed by atoms with E-state index in [1.165, 1.54) is 0 Å². The molecule has 0 atom stereocenters. The summed E-state index contributed by atoms with van der Waals surface area (Å²) in [5, 5.41) is 0. The first-order chi connectivity index (χ1) is 6.02. The molecule has 1 rings (SSSR count). The highest BCUT2D eigenvalue weighted by Crippen LogP contribution is 2.21. The molecule has 0 spiro atoms. The Hall–Kier alpha value is -1.71. The number of carbonyl (C=O) groups is 1. The third-order valence-electron chi connectivity index (χ3n) is 1.80. The second kappa shape index (κ2) is 3.35. The van der Waals surface area contributed by atoms with Gasteiger partial charge in [0.05, 0.1) is 11.4 Å². The molecule has 1 aromatic carbocycles. The minimum atomic E-state index is -0.442. The van der Waals surface area contributed by atoms with Crippen molar-refractivity contribution in [2.75, 3.05) is 24.7 Å².